The van der Waals surface area contributed by atoms with Gasteiger partial charge in [-0.2, -0.15) is 0 Å². The van der Waals surface area contributed by atoms with Gasteiger partial charge in [-0.1, -0.05) is 11.6 Å². The van der Waals surface area contributed by atoms with Gasteiger partial charge in [-0.25, -0.2) is 8.42 Å². The molecule has 2 aromatic carbocycles. The topological polar surface area (TPSA) is 81.4 Å². The van der Waals surface area contributed by atoms with Gasteiger partial charge in [-0.05, 0) is 42.5 Å². The van der Waals surface area contributed by atoms with Crippen molar-refractivity contribution in [3.63, 3.8) is 0 Å². The molecular formula is C13H13ClN2O3S. The monoisotopic (exact) mass is 312 g/mol. The zero-order valence-electron chi connectivity index (χ0n) is 10.6. The van der Waals surface area contributed by atoms with Gasteiger partial charge in [0.05, 0.1) is 17.7 Å². The SMILES string of the molecule is COc1ccc(N)cc1NS(=O)(=O)c1ccc(Cl)cc1. The third kappa shape index (κ3) is 3.15. The summed E-state index contributed by atoms with van der Waals surface area (Å²) in [5, 5.41) is 0.463. The molecular weight excluding hydrogens is 300 g/mol. The Kier molecular flexibility index (Phi) is 4.06. The van der Waals surface area contributed by atoms with Gasteiger partial charge in [-0.3, -0.25) is 4.72 Å². The number of sulfonamides is 1. The number of ether oxygens (including phenoxy) is 1. The average molecular weight is 313 g/mol. The smallest absolute Gasteiger partial charge is 0.262 e. The molecule has 0 bridgehead atoms. The number of nitrogen functional groups attached to an aromatic ring is 1. The van der Waals surface area contributed by atoms with Gasteiger partial charge in [0.25, 0.3) is 10.0 Å². The van der Waals surface area contributed by atoms with E-state index in [1.165, 1.54) is 37.4 Å². The molecule has 0 atom stereocenters. The number of benzene rings is 2. The van der Waals surface area contributed by atoms with Crippen LogP contribution in [0.2, 0.25) is 5.02 Å². The lowest BCUT2D eigenvalue weighted by Gasteiger charge is -2.12. The lowest BCUT2D eigenvalue weighted by atomic mass is 10.2. The molecule has 7 heteroatoms. The molecule has 0 spiro atoms. The van der Waals surface area contributed by atoms with E-state index in [2.05, 4.69) is 4.72 Å². The Morgan fingerprint density at radius 3 is 2.40 bits per heavy atom. The van der Waals surface area contributed by atoms with Crippen LogP contribution in [-0.2, 0) is 10.0 Å². The van der Waals surface area contributed by atoms with Crippen molar-refractivity contribution in [3.8, 4) is 5.75 Å². The summed E-state index contributed by atoms with van der Waals surface area (Å²) in [4.78, 5) is 0.103. The lowest BCUT2D eigenvalue weighted by molar-refractivity contribution is 0.417. The number of hydrogen-bond acceptors (Lipinski definition) is 4. The van der Waals surface area contributed by atoms with Crippen LogP contribution < -0.4 is 15.2 Å². The third-order valence-electron chi connectivity index (χ3n) is 2.59. The molecule has 5 nitrogen and oxygen atoms in total. The second kappa shape index (κ2) is 5.60. The molecule has 20 heavy (non-hydrogen) atoms. The van der Waals surface area contributed by atoms with Crippen molar-refractivity contribution in [3.05, 3.63) is 47.5 Å². The van der Waals surface area contributed by atoms with Crippen molar-refractivity contribution >= 4 is 33.0 Å². The van der Waals surface area contributed by atoms with Crippen LogP contribution in [0.4, 0.5) is 11.4 Å². The Morgan fingerprint density at radius 2 is 1.80 bits per heavy atom. The highest BCUT2D eigenvalue weighted by atomic mass is 35.5. The molecule has 2 rings (SSSR count). The molecule has 0 aromatic heterocycles. The van der Waals surface area contributed by atoms with Crippen molar-refractivity contribution in [2.45, 2.75) is 4.90 Å². The van der Waals surface area contributed by atoms with Crippen LogP contribution in [-0.4, -0.2) is 15.5 Å². The second-order valence-electron chi connectivity index (χ2n) is 4.02. The molecule has 2 aromatic rings. The van der Waals surface area contributed by atoms with Gasteiger partial charge in [0.2, 0.25) is 0 Å². The van der Waals surface area contributed by atoms with E-state index in [-0.39, 0.29) is 10.6 Å². The number of halogens is 1. The fraction of sp³-hybridized carbons (Fsp3) is 0.0769. The van der Waals surface area contributed by atoms with Crippen molar-refractivity contribution < 1.29 is 13.2 Å². The molecule has 0 aliphatic rings. The van der Waals surface area contributed by atoms with Crippen LogP contribution in [0.5, 0.6) is 5.75 Å². The van der Waals surface area contributed by atoms with Gasteiger partial charge in [-0.15, -0.1) is 0 Å². The molecule has 106 valence electrons. The van der Waals surface area contributed by atoms with Crippen LogP contribution in [0.1, 0.15) is 0 Å². The summed E-state index contributed by atoms with van der Waals surface area (Å²) in [5.74, 6) is 0.386. The van der Waals surface area contributed by atoms with E-state index in [0.717, 1.165) is 0 Å². The molecule has 0 unspecified atom stereocenters. The summed E-state index contributed by atoms with van der Waals surface area (Å²) < 4.78 is 32.0. The first kappa shape index (κ1) is 14.5. The molecule has 3 N–H and O–H groups in total. The summed E-state index contributed by atoms with van der Waals surface area (Å²) in [7, 11) is -2.27. The van der Waals surface area contributed by atoms with Crippen molar-refractivity contribution in [2.75, 3.05) is 17.6 Å². The highest BCUT2D eigenvalue weighted by Gasteiger charge is 2.16. The molecule has 0 fully saturated rings. The fourth-order valence-electron chi connectivity index (χ4n) is 1.62. The van der Waals surface area contributed by atoms with Crippen LogP contribution in [0.15, 0.2) is 47.4 Å². The van der Waals surface area contributed by atoms with Crippen LogP contribution in [0.25, 0.3) is 0 Å². The standard InChI is InChI=1S/C13H13ClN2O3S/c1-19-13-7-4-10(15)8-12(13)16-20(17,18)11-5-2-9(14)3-6-11/h2-8,16H,15H2,1H3. The van der Waals surface area contributed by atoms with E-state index >= 15 is 0 Å². The Balaban J connectivity index is 2.37. The Labute approximate surface area is 122 Å². The minimum atomic E-state index is -3.72. The summed E-state index contributed by atoms with van der Waals surface area (Å²) in [6, 6.07) is 10.6. The summed E-state index contributed by atoms with van der Waals surface area (Å²) >= 11 is 5.74. The second-order valence-corrected chi connectivity index (χ2v) is 6.14. The fourth-order valence-corrected chi connectivity index (χ4v) is 2.81. The first-order valence-electron chi connectivity index (χ1n) is 5.64. The van der Waals surface area contributed by atoms with Gasteiger partial charge in [0.15, 0.2) is 0 Å². The van der Waals surface area contributed by atoms with Crippen LogP contribution >= 0.6 is 11.6 Å². The zero-order chi connectivity index (χ0) is 14.8. The maximum atomic E-state index is 12.2. The number of anilines is 2. The summed E-state index contributed by atoms with van der Waals surface area (Å²) in [6.07, 6.45) is 0. The first-order valence-corrected chi connectivity index (χ1v) is 7.50. The van der Waals surface area contributed by atoms with E-state index in [9.17, 15) is 8.42 Å². The number of methoxy groups -OCH3 is 1. The molecule has 0 radical (unpaired) electrons. The molecule has 0 aliphatic heterocycles. The molecule has 0 saturated heterocycles. The Bertz CT molecular complexity index is 715. The van der Waals surface area contributed by atoms with E-state index < -0.39 is 10.0 Å². The maximum Gasteiger partial charge on any atom is 0.262 e. The number of rotatable bonds is 4. The number of nitrogens with one attached hydrogen (secondary N) is 1. The van der Waals surface area contributed by atoms with Crippen LogP contribution in [0, 0.1) is 0 Å². The number of nitrogens with two attached hydrogens (primary N) is 1. The molecule has 0 amide bonds. The van der Waals surface area contributed by atoms with Gasteiger partial charge in [0.1, 0.15) is 5.75 Å². The predicted octanol–water partition coefficient (Wildman–Crippen LogP) is 2.73. The van der Waals surface area contributed by atoms with Gasteiger partial charge in [0, 0.05) is 10.7 Å². The normalized spacial score (nSPS) is 11.1. The van der Waals surface area contributed by atoms with Crippen molar-refractivity contribution in [1.82, 2.24) is 0 Å². The lowest BCUT2D eigenvalue weighted by Crippen LogP contribution is -2.13. The van der Waals surface area contributed by atoms with E-state index in [0.29, 0.717) is 16.5 Å². The Hall–Kier alpha value is -1.92. The molecule has 0 aliphatic carbocycles. The summed E-state index contributed by atoms with van der Waals surface area (Å²) in [6.45, 7) is 0. The van der Waals surface area contributed by atoms with E-state index in [1.807, 2.05) is 0 Å². The average Bonchev–Trinajstić information content (AvgIpc) is 2.39. The quantitative estimate of drug-likeness (QED) is 0.851. The van der Waals surface area contributed by atoms with E-state index in [4.69, 9.17) is 22.1 Å². The summed E-state index contributed by atoms with van der Waals surface area (Å²) in [5.41, 5.74) is 6.36. The van der Waals surface area contributed by atoms with E-state index in [1.54, 1.807) is 12.1 Å². The van der Waals surface area contributed by atoms with Gasteiger partial charge >= 0.3 is 0 Å². The molecule has 0 heterocycles. The van der Waals surface area contributed by atoms with Crippen molar-refractivity contribution in [2.24, 2.45) is 0 Å². The van der Waals surface area contributed by atoms with Gasteiger partial charge < -0.3 is 10.5 Å². The zero-order valence-corrected chi connectivity index (χ0v) is 12.2. The highest BCUT2D eigenvalue weighted by molar-refractivity contribution is 7.92. The minimum absolute atomic E-state index is 0.103. The third-order valence-corrected chi connectivity index (χ3v) is 4.23. The van der Waals surface area contributed by atoms with Crippen LogP contribution in [0.3, 0.4) is 0 Å². The maximum absolute atomic E-state index is 12.2. The largest absolute Gasteiger partial charge is 0.495 e. The molecule has 0 saturated carbocycles. The number of hydrogen-bond donors (Lipinski definition) is 2. The van der Waals surface area contributed by atoms with Crippen molar-refractivity contribution in [1.29, 1.82) is 0 Å². The Morgan fingerprint density at radius 1 is 1.15 bits per heavy atom. The predicted molar refractivity (Wildman–Crippen MR) is 79.7 cm³/mol. The highest BCUT2D eigenvalue weighted by Crippen LogP contribution is 2.29. The minimum Gasteiger partial charge on any atom is -0.495 e. The first-order chi connectivity index (χ1) is 9.42.